The molecule has 0 spiro atoms. The number of rotatable bonds is 2. The summed E-state index contributed by atoms with van der Waals surface area (Å²) in [6, 6.07) is 3.56. The van der Waals surface area contributed by atoms with Crippen molar-refractivity contribution >= 4 is 11.7 Å². The van der Waals surface area contributed by atoms with Crippen LogP contribution < -0.4 is 4.90 Å². The van der Waals surface area contributed by atoms with Crippen molar-refractivity contribution in [2.45, 2.75) is 6.42 Å². The van der Waals surface area contributed by atoms with E-state index in [0.29, 0.717) is 18.8 Å². The summed E-state index contributed by atoms with van der Waals surface area (Å²) in [5.74, 6) is 0.960. The number of aromatic nitrogens is 2. The van der Waals surface area contributed by atoms with E-state index >= 15 is 0 Å². The van der Waals surface area contributed by atoms with E-state index in [0.717, 1.165) is 0 Å². The second-order valence-corrected chi connectivity index (χ2v) is 3.29. The average molecular weight is 189 g/mol. The zero-order chi connectivity index (χ0) is 9.97. The number of carbonyl (C=O) groups is 1. The zero-order valence-corrected chi connectivity index (χ0v) is 7.76. The first-order valence-corrected chi connectivity index (χ1v) is 4.52. The summed E-state index contributed by atoms with van der Waals surface area (Å²) in [7, 11) is 0. The molecule has 0 aliphatic carbocycles. The zero-order valence-electron chi connectivity index (χ0n) is 7.76. The molecule has 1 unspecified atom stereocenters. The number of hydrogen-bond acceptors (Lipinski definition) is 3. The first-order chi connectivity index (χ1) is 6.81. The molecule has 0 N–H and O–H groups in total. The predicted octanol–water partition coefficient (Wildman–Crippen LogP) is 1.02. The monoisotopic (exact) mass is 189 g/mol. The lowest BCUT2D eigenvalue weighted by Gasteiger charge is -2.13. The molecule has 2 heterocycles. The van der Waals surface area contributed by atoms with Gasteiger partial charge in [0.2, 0.25) is 5.91 Å². The molecule has 0 bridgehead atoms. The summed E-state index contributed by atoms with van der Waals surface area (Å²) in [5.41, 5.74) is 0. The maximum atomic E-state index is 11.6. The fraction of sp³-hybridized carbons (Fsp3) is 0.300. The molecule has 0 aromatic carbocycles. The Morgan fingerprint density at radius 1 is 1.64 bits per heavy atom. The normalized spacial score (nSPS) is 21.3. The van der Waals surface area contributed by atoms with Crippen molar-refractivity contribution < 1.29 is 4.79 Å². The van der Waals surface area contributed by atoms with Gasteiger partial charge >= 0.3 is 0 Å². The minimum Gasteiger partial charge on any atom is -0.295 e. The highest BCUT2D eigenvalue weighted by Gasteiger charge is 2.29. The van der Waals surface area contributed by atoms with E-state index in [9.17, 15) is 4.79 Å². The van der Waals surface area contributed by atoms with Crippen LogP contribution in [0.25, 0.3) is 0 Å². The Morgan fingerprint density at radius 3 is 3.07 bits per heavy atom. The van der Waals surface area contributed by atoms with Gasteiger partial charge in [0.15, 0.2) is 5.82 Å². The molecule has 0 saturated carbocycles. The first-order valence-electron chi connectivity index (χ1n) is 4.52. The molecule has 1 saturated heterocycles. The van der Waals surface area contributed by atoms with E-state index in [2.05, 4.69) is 16.8 Å². The third-order valence-electron chi connectivity index (χ3n) is 2.32. The summed E-state index contributed by atoms with van der Waals surface area (Å²) in [6.07, 6.45) is 3.93. The summed E-state index contributed by atoms with van der Waals surface area (Å²) in [4.78, 5) is 13.2. The number of nitrogens with zero attached hydrogens (tertiary/aromatic N) is 3. The lowest BCUT2D eigenvalue weighted by Crippen LogP contribution is -2.25. The number of hydrogen-bond donors (Lipinski definition) is 0. The molecule has 4 nitrogen and oxygen atoms in total. The Hall–Kier alpha value is -1.71. The van der Waals surface area contributed by atoms with Gasteiger partial charge in [-0.15, -0.1) is 11.7 Å². The van der Waals surface area contributed by atoms with E-state index in [1.807, 2.05) is 6.08 Å². The van der Waals surface area contributed by atoms with Gasteiger partial charge in [0.05, 0.1) is 0 Å². The molecule has 1 amide bonds. The fourth-order valence-electron chi connectivity index (χ4n) is 1.55. The predicted molar refractivity (Wildman–Crippen MR) is 52.7 cm³/mol. The van der Waals surface area contributed by atoms with Crippen LogP contribution in [-0.2, 0) is 4.79 Å². The maximum Gasteiger partial charge on any atom is 0.228 e. The van der Waals surface area contributed by atoms with Crippen LogP contribution >= 0.6 is 0 Å². The van der Waals surface area contributed by atoms with Gasteiger partial charge in [-0.2, -0.15) is 5.10 Å². The molecule has 2 rings (SSSR count). The van der Waals surface area contributed by atoms with Gasteiger partial charge < -0.3 is 0 Å². The van der Waals surface area contributed by atoms with Gasteiger partial charge in [0.25, 0.3) is 0 Å². The molecule has 1 aliphatic rings. The van der Waals surface area contributed by atoms with Crippen LogP contribution in [0.3, 0.4) is 0 Å². The Kier molecular flexibility index (Phi) is 2.26. The van der Waals surface area contributed by atoms with Crippen LogP contribution in [0.1, 0.15) is 6.42 Å². The van der Waals surface area contributed by atoms with Gasteiger partial charge in [-0.3, -0.25) is 9.69 Å². The van der Waals surface area contributed by atoms with Crippen molar-refractivity contribution in [1.82, 2.24) is 10.2 Å². The number of amides is 1. The van der Waals surface area contributed by atoms with E-state index in [1.165, 1.54) is 0 Å². The molecule has 14 heavy (non-hydrogen) atoms. The van der Waals surface area contributed by atoms with Crippen LogP contribution in [0.15, 0.2) is 31.0 Å². The Labute approximate surface area is 82.3 Å². The number of anilines is 1. The van der Waals surface area contributed by atoms with Crippen molar-refractivity contribution in [1.29, 1.82) is 0 Å². The van der Waals surface area contributed by atoms with Gasteiger partial charge in [-0.05, 0) is 12.1 Å². The molecule has 1 atom stereocenters. The summed E-state index contributed by atoms with van der Waals surface area (Å²) in [6.45, 7) is 4.36. The minimum atomic E-state index is 0.0930. The second-order valence-electron chi connectivity index (χ2n) is 3.29. The molecular formula is C10H11N3O. The molecule has 4 heteroatoms. The molecule has 1 aromatic heterocycles. The van der Waals surface area contributed by atoms with Crippen LogP contribution in [0.4, 0.5) is 5.82 Å². The van der Waals surface area contributed by atoms with Crippen molar-refractivity contribution in [3.8, 4) is 0 Å². The number of carbonyl (C=O) groups excluding carboxylic acids is 1. The summed E-state index contributed by atoms with van der Waals surface area (Å²) >= 11 is 0. The fourth-order valence-corrected chi connectivity index (χ4v) is 1.55. The van der Waals surface area contributed by atoms with Crippen molar-refractivity contribution in [3.05, 3.63) is 31.0 Å². The van der Waals surface area contributed by atoms with Crippen LogP contribution in [0.2, 0.25) is 0 Å². The van der Waals surface area contributed by atoms with E-state index in [1.54, 1.807) is 23.2 Å². The first kappa shape index (κ1) is 8.87. The van der Waals surface area contributed by atoms with Crippen LogP contribution in [0, 0.1) is 5.92 Å². The molecule has 1 aromatic rings. The molecule has 1 fully saturated rings. The highest BCUT2D eigenvalue weighted by molar-refractivity contribution is 5.94. The third kappa shape index (κ3) is 1.51. The largest absolute Gasteiger partial charge is 0.295 e. The Balaban J connectivity index is 2.21. The highest BCUT2D eigenvalue weighted by Crippen LogP contribution is 2.22. The SMILES string of the molecule is C=CC1CC(=O)N(c2cccnn2)C1. The van der Waals surface area contributed by atoms with E-state index in [-0.39, 0.29) is 11.8 Å². The van der Waals surface area contributed by atoms with E-state index < -0.39 is 0 Å². The lowest BCUT2D eigenvalue weighted by atomic mass is 10.1. The third-order valence-corrected chi connectivity index (χ3v) is 2.32. The van der Waals surface area contributed by atoms with Gasteiger partial charge in [0.1, 0.15) is 0 Å². The topological polar surface area (TPSA) is 46.1 Å². The summed E-state index contributed by atoms with van der Waals surface area (Å²) < 4.78 is 0. The molecule has 1 aliphatic heterocycles. The average Bonchev–Trinajstić information content (AvgIpc) is 2.61. The van der Waals surface area contributed by atoms with Gasteiger partial charge in [-0.1, -0.05) is 6.08 Å². The minimum absolute atomic E-state index is 0.0930. The Bertz CT molecular complexity index is 350. The lowest BCUT2D eigenvalue weighted by molar-refractivity contribution is -0.117. The van der Waals surface area contributed by atoms with E-state index in [4.69, 9.17) is 0 Å². The Morgan fingerprint density at radius 2 is 2.50 bits per heavy atom. The highest BCUT2D eigenvalue weighted by atomic mass is 16.2. The van der Waals surface area contributed by atoms with Crippen molar-refractivity contribution in [2.24, 2.45) is 5.92 Å². The molecule has 72 valence electrons. The van der Waals surface area contributed by atoms with Crippen molar-refractivity contribution in [3.63, 3.8) is 0 Å². The van der Waals surface area contributed by atoms with Crippen LogP contribution in [0.5, 0.6) is 0 Å². The quantitative estimate of drug-likeness (QED) is 0.652. The smallest absolute Gasteiger partial charge is 0.228 e. The summed E-state index contributed by atoms with van der Waals surface area (Å²) in [5, 5.41) is 7.65. The van der Waals surface area contributed by atoms with Gasteiger partial charge in [0, 0.05) is 25.1 Å². The van der Waals surface area contributed by atoms with Gasteiger partial charge in [-0.25, -0.2) is 0 Å². The maximum absolute atomic E-state index is 11.6. The molecule has 0 radical (unpaired) electrons. The second kappa shape index (κ2) is 3.57. The van der Waals surface area contributed by atoms with Crippen molar-refractivity contribution in [2.75, 3.05) is 11.4 Å². The molecular weight excluding hydrogens is 178 g/mol. The van der Waals surface area contributed by atoms with Crippen LogP contribution in [-0.4, -0.2) is 22.6 Å². The standard InChI is InChI=1S/C10H11N3O/c1-2-8-6-10(14)13(7-8)9-4-3-5-11-12-9/h2-5,8H,1,6-7H2.